The summed E-state index contributed by atoms with van der Waals surface area (Å²) in [5.74, 6) is 0. The van der Waals surface area contributed by atoms with Crippen LogP contribution in [0.5, 0.6) is 0 Å². The normalized spacial score (nSPS) is 15.4. The lowest BCUT2D eigenvalue weighted by atomic mass is 10.1. The Balaban J connectivity index is 2.49. The fourth-order valence-corrected chi connectivity index (χ4v) is 1.61. The van der Waals surface area contributed by atoms with Gasteiger partial charge in [0, 0.05) is 12.7 Å². The van der Waals surface area contributed by atoms with Gasteiger partial charge in [-0.15, -0.1) is 0 Å². The number of nitrogens with zero attached hydrogens (tertiary/aromatic N) is 1. The maximum absolute atomic E-state index is 5.94. The summed E-state index contributed by atoms with van der Waals surface area (Å²) in [6, 6.07) is 0. The van der Waals surface area contributed by atoms with Gasteiger partial charge in [0.1, 0.15) is 0 Å². The Kier molecular flexibility index (Phi) is 1.70. The smallest absolute Gasteiger partial charge is 0.0641 e. The first-order valence-electron chi connectivity index (χ1n) is 3.74. The summed E-state index contributed by atoms with van der Waals surface area (Å²) in [5.41, 5.74) is 2.32. The van der Waals surface area contributed by atoms with Crippen LogP contribution in [0.4, 0.5) is 5.69 Å². The molecule has 1 aliphatic heterocycles. The molecule has 0 spiro atoms. The Labute approximate surface area is 70.6 Å². The number of hydrogen-bond acceptors (Lipinski definition) is 2. The molecular formula is C8H9ClN2. The van der Waals surface area contributed by atoms with Crippen LogP contribution in [0.25, 0.3) is 0 Å². The van der Waals surface area contributed by atoms with Crippen LogP contribution < -0.4 is 5.32 Å². The molecule has 0 unspecified atom stereocenters. The van der Waals surface area contributed by atoms with Crippen molar-refractivity contribution in [3.63, 3.8) is 0 Å². The third kappa shape index (κ3) is 1.18. The highest BCUT2D eigenvalue weighted by atomic mass is 35.5. The van der Waals surface area contributed by atoms with E-state index in [1.165, 1.54) is 5.56 Å². The Morgan fingerprint density at radius 3 is 3.18 bits per heavy atom. The summed E-state index contributed by atoms with van der Waals surface area (Å²) in [6.45, 7) is 1.04. The van der Waals surface area contributed by atoms with Gasteiger partial charge in [-0.2, -0.15) is 0 Å². The standard InChI is InChI=1S/C8H9ClN2/c9-7-4-10-5-8-6(7)2-1-3-11-8/h4-5,11H,1-3H2. The molecule has 0 saturated carbocycles. The topological polar surface area (TPSA) is 24.9 Å². The molecule has 0 aromatic carbocycles. The Bertz CT molecular complexity index is 273. The van der Waals surface area contributed by atoms with E-state index in [1.54, 1.807) is 6.20 Å². The van der Waals surface area contributed by atoms with Crippen molar-refractivity contribution >= 4 is 17.3 Å². The fourth-order valence-electron chi connectivity index (χ4n) is 1.36. The summed E-state index contributed by atoms with van der Waals surface area (Å²) in [5, 5.41) is 4.04. The van der Waals surface area contributed by atoms with Crippen LogP contribution >= 0.6 is 11.6 Å². The van der Waals surface area contributed by atoms with Gasteiger partial charge in [0.05, 0.1) is 16.9 Å². The molecule has 0 amide bonds. The average molecular weight is 169 g/mol. The maximum atomic E-state index is 5.94. The Morgan fingerprint density at radius 1 is 1.45 bits per heavy atom. The van der Waals surface area contributed by atoms with Crippen molar-refractivity contribution in [2.45, 2.75) is 12.8 Å². The van der Waals surface area contributed by atoms with E-state index in [4.69, 9.17) is 11.6 Å². The predicted molar refractivity (Wildman–Crippen MR) is 46.1 cm³/mol. The SMILES string of the molecule is Clc1cncc2c1CCCN2. The quantitative estimate of drug-likeness (QED) is 0.642. The van der Waals surface area contributed by atoms with Gasteiger partial charge in [-0.05, 0) is 18.4 Å². The first kappa shape index (κ1) is 6.92. The highest BCUT2D eigenvalue weighted by Gasteiger charge is 2.10. The molecule has 1 aromatic rings. The van der Waals surface area contributed by atoms with E-state index in [0.717, 1.165) is 30.1 Å². The minimum Gasteiger partial charge on any atom is -0.384 e. The van der Waals surface area contributed by atoms with Crippen molar-refractivity contribution in [2.75, 3.05) is 11.9 Å². The van der Waals surface area contributed by atoms with Gasteiger partial charge < -0.3 is 5.32 Å². The molecule has 11 heavy (non-hydrogen) atoms. The van der Waals surface area contributed by atoms with Gasteiger partial charge in [-0.1, -0.05) is 11.6 Å². The lowest BCUT2D eigenvalue weighted by Crippen LogP contribution is -2.12. The maximum Gasteiger partial charge on any atom is 0.0641 e. The van der Waals surface area contributed by atoms with Crippen LogP contribution in [-0.4, -0.2) is 11.5 Å². The number of pyridine rings is 1. The lowest BCUT2D eigenvalue weighted by Gasteiger charge is -2.17. The van der Waals surface area contributed by atoms with E-state index in [2.05, 4.69) is 10.3 Å². The van der Waals surface area contributed by atoms with Crippen molar-refractivity contribution in [1.82, 2.24) is 4.98 Å². The minimum absolute atomic E-state index is 0.787. The molecular weight excluding hydrogens is 160 g/mol. The van der Waals surface area contributed by atoms with Crippen molar-refractivity contribution in [2.24, 2.45) is 0 Å². The van der Waals surface area contributed by atoms with Crippen molar-refractivity contribution in [1.29, 1.82) is 0 Å². The molecule has 1 aliphatic rings. The van der Waals surface area contributed by atoms with Crippen LogP contribution in [0, 0.1) is 0 Å². The average Bonchev–Trinajstić information content (AvgIpc) is 2.06. The largest absolute Gasteiger partial charge is 0.384 e. The number of hydrogen-bond donors (Lipinski definition) is 1. The Morgan fingerprint density at radius 2 is 2.36 bits per heavy atom. The number of rotatable bonds is 0. The third-order valence-electron chi connectivity index (χ3n) is 1.92. The van der Waals surface area contributed by atoms with E-state index in [9.17, 15) is 0 Å². The molecule has 58 valence electrons. The summed E-state index contributed by atoms with van der Waals surface area (Å²) in [6.07, 6.45) is 5.77. The number of halogens is 1. The van der Waals surface area contributed by atoms with E-state index >= 15 is 0 Å². The van der Waals surface area contributed by atoms with E-state index in [0.29, 0.717) is 0 Å². The highest BCUT2D eigenvalue weighted by Crippen LogP contribution is 2.26. The molecule has 0 atom stereocenters. The minimum atomic E-state index is 0.787. The van der Waals surface area contributed by atoms with Gasteiger partial charge in [-0.25, -0.2) is 0 Å². The molecule has 0 bridgehead atoms. The second-order valence-corrected chi connectivity index (χ2v) is 3.08. The summed E-state index contributed by atoms with van der Waals surface area (Å²) < 4.78 is 0. The van der Waals surface area contributed by atoms with Crippen LogP contribution in [0.1, 0.15) is 12.0 Å². The van der Waals surface area contributed by atoms with Gasteiger partial charge >= 0.3 is 0 Å². The third-order valence-corrected chi connectivity index (χ3v) is 2.25. The number of aromatic nitrogens is 1. The fraction of sp³-hybridized carbons (Fsp3) is 0.375. The van der Waals surface area contributed by atoms with Crippen molar-refractivity contribution < 1.29 is 0 Å². The highest BCUT2D eigenvalue weighted by molar-refractivity contribution is 6.31. The molecule has 0 aliphatic carbocycles. The number of nitrogens with one attached hydrogen (secondary N) is 1. The zero-order chi connectivity index (χ0) is 7.68. The van der Waals surface area contributed by atoms with Gasteiger partial charge in [0.15, 0.2) is 0 Å². The van der Waals surface area contributed by atoms with Crippen molar-refractivity contribution in [3.8, 4) is 0 Å². The summed E-state index contributed by atoms with van der Waals surface area (Å²) in [4.78, 5) is 4.00. The molecule has 2 rings (SSSR count). The molecule has 2 heterocycles. The first-order valence-corrected chi connectivity index (χ1v) is 4.12. The number of fused-ring (bicyclic) bond motifs is 1. The van der Waals surface area contributed by atoms with E-state index < -0.39 is 0 Å². The van der Waals surface area contributed by atoms with Crippen LogP contribution in [0.2, 0.25) is 5.02 Å². The van der Waals surface area contributed by atoms with Gasteiger partial charge in [-0.3, -0.25) is 4.98 Å². The second kappa shape index (κ2) is 2.70. The Hall–Kier alpha value is -0.760. The van der Waals surface area contributed by atoms with Crippen LogP contribution in [-0.2, 0) is 6.42 Å². The molecule has 2 nitrogen and oxygen atoms in total. The molecule has 1 aromatic heterocycles. The molecule has 0 saturated heterocycles. The van der Waals surface area contributed by atoms with Crippen LogP contribution in [0.3, 0.4) is 0 Å². The molecule has 1 N–H and O–H groups in total. The van der Waals surface area contributed by atoms with Crippen molar-refractivity contribution in [3.05, 3.63) is 23.0 Å². The van der Waals surface area contributed by atoms with Gasteiger partial charge in [0.25, 0.3) is 0 Å². The summed E-state index contributed by atoms with van der Waals surface area (Å²) in [7, 11) is 0. The first-order chi connectivity index (χ1) is 5.38. The summed E-state index contributed by atoms with van der Waals surface area (Å²) >= 11 is 5.94. The second-order valence-electron chi connectivity index (χ2n) is 2.68. The monoisotopic (exact) mass is 168 g/mol. The molecule has 3 heteroatoms. The zero-order valence-corrected chi connectivity index (χ0v) is 6.86. The lowest BCUT2D eigenvalue weighted by molar-refractivity contribution is 0.827. The van der Waals surface area contributed by atoms with Crippen LogP contribution in [0.15, 0.2) is 12.4 Å². The number of anilines is 1. The van der Waals surface area contributed by atoms with E-state index in [1.807, 2.05) is 6.20 Å². The predicted octanol–water partition coefficient (Wildman–Crippen LogP) is 2.09. The molecule has 0 radical (unpaired) electrons. The van der Waals surface area contributed by atoms with E-state index in [-0.39, 0.29) is 0 Å². The zero-order valence-electron chi connectivity index (χ0n) is 6.10. The van der Waals surface area contributed by atoms with Gasteiger partial charge in [0.2, 0.25) is 0 Å². The molecule has 0 fully saturated rings.